The molecular formula is C13H19N3. The molecule has 4 N–H and O–H groups in total. The fourth-order valence-corrected chi connectivity index (χ4v) is 1.59. The van der Waals surface area contributed by atoms with Gasteiger partial charge in [0.25, 0.3) is 0 Å². The summed E-state index contributed by atoms with van der Waals surface area (Å²) >= 11 is 0. The minimum Gasteiger partial charge on any atom is -0.348 e. The van der Waals surface area contributed by atoms with E-state index >= 15 is 0 Å². The van der Waals surface area contributed by atoms with Crippen LogP contribution >= 0.6 is 0 Å². The Morgan fingerprint density at radius 1 is 1.19 bits per heavy atom. The summed E-state index contributed by atoms with van der Waals surface area (Å²) in [4.78, 5) is 7.79. The number of aromatic amines is 1. The largest absolute Gasteiger partial charge is 0.348 e. The number of hydrogen-bond donors (Lipinski definition) is 2. The van der Waals surface area contributed by atoms with Gasteiger partial charge in [0.2, 0.25) is 0 Å². The van der Waals surface area contributed by atoms with Crippen molar-refractivity contribution in [1.29, 1.82) is 0 Å². The van der Waals surface area contributed by atoms with Crippen LogP contribution in [0.25, 0.3) is 11.3 Å². The van der Waals surface area contributed by atoms with Gasteiger partial charge in [0.1, 0.15) is 5.82 Å². The third-order valence-corrected chi connectivity index (χ3v) is 2.47. The fourth-order valence-electron chi connectivity index (χ4n) is 1.59. The molecule has 86 valence electrons. The van der Waals surface area contributed by atoms with Gasteiger partial charge in [-0.1, -0.05) is 43.7 Å². The van der Waals surface area contributed by atoms with E-state index in [2.05, 4.69) is 29.0 Å². The number of hydrogen-bond acceptors (Lipinski definition) is 2. The van der Waals surface area contributed by atoms with Crippen molar-refractivity contribution in [2.45, 2.75) is 26.2 Å². The highest BCUT2D eigenvalue weighted by atomic mass is 14.9. The molecule has 0 bridgehead atoms. The Labute approximate surface area is 96.5 Å². The third kappa shape index (κ3) is 2.94. The lowest BCUT2D eigenvalue weighted by atomic mass is 10.2. The Balaban J connectivity index is 0.00000128. The number of aryl methyl sites for hydroxylation is 1. The lowest BCUT2D eigenvalue weighted by Gasteiger charge is -1.94. The van der Waals surface area contributed by atoms with Crippen LogP contribution in [-0.4, -0.2) is 9.97 Å². The van der Waals surface area contributed by atoms with Crippen molar-refractivity contribution < 1.29 is 0 Å². The zero-order chi connectivity index (χ0) is 10.5. The van der Waals surface area contributed by atoms with E-state index in [1.807, 2.05) is 24.4 Å². The van der Waals surface area contributed by atoms with E-state index in [0.29, 0.717) is 0 Å². The van der Waals surface area contributed by atoms with E-state index < -0.39 is 0 Å². The van der Waals surface area contributed by atoms with Crippen LogP contribution in [0.1, 0.15) is 25.6 Å². The van der Waals surface area contributed by atoms with Gasteiger partial charge in [-0.2, -0.15) is 0 Å². The number of nitrogens with zero attached hydrogens (tertiary/aromatic N) is 1. The van der Waals surface area contributed by atoms with Crippen molar-refractivity contribution in [2.24, 2.45) is 0 Å². The first-order valence-corrected chi connectivity index (χ1v) is 5.50. The number of H-pyrrole nitrogens is 1. The van der Waals surface area contributed by atoms with Crippen LogP contribution in [0, 0.1) is 0 Å². The van der Waals surface area contributed by atoms with Gasteiger partial charge in [-0.3, -0.25) is 0 Å². The molecule has 0 saturated carbocycles. The Bertz CT molecular complexity index is 406. The maximum Gasteiger partial charge on any atom is 0.106 e. The quantitative estimate of drug-likeness (QED) is 0.822. The topological polar surface area (TPSA) is 63.7 Å². The van der Waals surface area contributed by atoms with Crippen LogP contribution in [0.3, 0.4) is 0 Å². The van der Waals surface area contributed by atoms with Crippen LogP contribution < -0.4 is 6.15 Å². The summed E-state index contributed by atoms with van der Waals surface area (Å²) in [5.41, 5.74) is 2.22. The summed E-state index contributed by atoms with van der Waals surface area (Å²) in [7, 11) is 0. The molecule has 0 amide bonds. The Hall–Kier alpha value is -1.61. The molecular weight excluding hydrogens is 198 g/mol. The molecule has 2 aromatic rings. The molecule has 0 aliphatic carbocycles. The summed E-state index contributed by atoms with van der Waals surface area (Å²) in [6.07, 6.45) is 5.44. The van der Waals surface area contributed by atoms with Crippen molar-refractivity contribution in [3.63, 3.8) is 0 Å². The summed E-state index contributed by atoms with van der Waals surface area (Å²) in [6.45, 7) is 2.20. The molecule has 1 heterocycles. The molecule has 0 aliphatic rings. The molecule has 3 nitrogen and oxygen atoms in total. The molecule has 0 spiro atoms. The number of imidazole rings is 1. The molecule has 3 heteroatoms. The van der Waals surface area contributed by atoms with Crippen molar-refractivity contribution in [2.75, 3.05) is 0 Å². The first-order valence-electron chi connectivity index (χ1n) is 5.50. The third-order valence-electron chi connectivity index (χ3n) is 2.47. The predicted octanol–water partition coefficient (Wildman–Crippen LogP) is 3.58. The highest BCUT2D eigenvalue weighted by molar-refractivity contribution is 5.57. The normalized spacial score (nSPS) is 9.81. The number of unbranched alkanes of at least 4 members (excludes halogenated alkanes) is 1. The number of rotatable bonds is 4. The Morgan fingerprint density at radius 3 is 2.62 bits per heavy atom. The molecule has 0 unspecified atom stereocenters. The second-order valence-corrected chi connectivity index (χ2v) is 3.70. The Morgan fingerprint density at radius 2 is 1.94 bits per heavy atom. The average Bonchev–Trinajstić information content (AvgIpc) is 2.76. The van der Waals surface area contributed by atoms with Gasteiger partial charge >= 0.3 is 0 Å². The Kier molecular flexibility index (Phi) is 4.73. The monoisotopic (exact) mass is 217 g/mol. The summed E-state index contributed by atoms with van der Waals surface area (Å²) in [5, 5.41) is 0. The van der Waals surface area contributed by atoms with Crippen molar-refractivity contribution in [3.8, 4) is 11.3 Å². The van der Waals surface area contributed by atoms with E-state index in [9.17, 15) is 0 Å². The molecule has 0 aliphatic heterocycles. The second kappa shape index (κ2) is 6.08. The smallest absolute Gasteiger partial charge is 0.106 e. The second-order valence-electron chi connectivity index (χ2n) is 3.70. The van der Waals surface area contributed by atoms with Crippen molar-refractivity contribution in [1.82, 2.24) is 16.1 Å². The maximum absolute atomic E-state index is 4.56. The van der Waals surface area contributed by atoms with Gasteiger partial charge in [0, 0.05) is 18.2 Å². The number of aromatic nitrogens is 2. The first kappa shape index (κ1) is 12.5. The fraction of sp³-hybridized carbons (Fsp3) is 0.308. The van der Waals surface area contributed by atoms with Gasteiger partial charge in [-0.05, 0) is 6.42 Å². The maximum atomic E-state index is 4.56. The number of benzene rings is 1. The van der Waals surface area contributed by atoms with E-state index in [1.165, 1.54) is 18.4 Å². The molecule has 0 radical (unpaired) electrons. The van der Waals surface area contributed by atoms with Crippen LogP contribution in [-0.2, 0) is 6.42 Å². The zero-order valence-corrected chi connectivity index (χ0v) is 9.74. The molecule has 0 atom stereocenters. The minimum atomic E-state index is 0. The van der Waals surface area contributed by atoms with E-state index in [1.54, 1.807) is 0 Å². The van der Waals surface area contributed by atoms with Gasteiger partial charge in [-0.25, -0.2) is 4.98 Å². The predicted molar refractivity (Wildman–Crippen MR) is 67.7 cm³/mol. The van der Waals surface area contributed by atoms with E-state index in [-0.39, 0.29) is 6.15 Å². The minimum absolute atomic E-state index is 0. The van der Waals surface area contributed by atoms with E-state index in [4.69, 9.17) is 0 Å². The lowest BCUT2D eigenvalue weighted by Crippen LogP contribution is -1.87. The van der Waals surface area contributed by atoms with Gasteiger partial charge < -0.3 is 11.1 Å². The first-order chi connectivity index (χ1) is 7.40. The van der Waals surface area contributed by atoms with Crippen LogP contribution in [0.5, 0.6) is 0 Å². The van der Waals surface area contributed by atoms with Crippen LogP contribution in [0.4, 0.5) is 0 Å². The average molecular weight is 217 g/mol. The van der Waals surface area contributed by atoms with Crippen LogP contribution in [0.2, 0.25) is 0 Å². The molecule has 0 fully saturated rings. The van der Waals surface area contributed by atoms with E-state index in [0.717, 1.165) is 17.9 Å². The standard InChI is InChI=1S/C13H16N2.H3N/c1-2-3-9-13-14-10-12(15-13)11-7-5-4-6-8-11;/h4-8,10H,2-3,9H2,1H3,(H,14,15);1H3. The number of nitrogens with one attached hydrogen (secondary N) is 1. The van der Waals surface area contributed by atoms with Gasteiger partial charge in [0.05, 0.1) is 5.69 Å². The molecule has 1 aromatic heterocycles. The highest BCUT2D eigenvalue weighted by Crippen LogP contribution is 2.16. The lowest BCUT2D eigenvalue weighted by molar-refractivity contribution is 0.763. The van der Waals surface area contributed by atoms with Crippen molar-refractivity contribution >= 4 is 0 Å². The molecule has 16 heavy (non-hydrogen) atoms. The van der Waals surface area contributed by atoms with Gasteiger partial charge in [0.15, 0.2) is 0 Å². The summed E-state index contributed by atoms with van der Waals surface area (Å²) < 4.78 is 0. The molecule has 2 rings (SSSR count). The van der Waals surface area contributed by atoms with Crippen molar-refractivity contribution in [3.05, 3.63) is 42.4 Å². The molecule has 1 aromatic carbocycles. The zero-order valence-electron chi connectivity index (χ0n) is 9.74. The highest BCUT2D eigenvalue weighted by Gasteiger charge is 2.02. The molecule has 0 saturated heterocycles. The van der Waals surface area contributed by atoms with Gasteiger partial charge in [-0.15, -0.1) is 0 Å². The summed E-state index contributed by atoms with van der Waals surface area (Å²) in [5.74, 6) is 1.09. The SMILES string of the molecule is CCCCc1nc(-c2ccccc2)c[nH]1.N. The summed E-state index contributed by atoms with van der Waals surface area (Å²) in [6, 6.07) is 10.3. The van der Waals surface area contributed by atoms with Crippen LogP contribution in [0.15, 0.2) is 36.5 Å².